The van der Waals surface area contributed by atoms with Crippen LogP contribution in [0, 0.1) is 12.1 Å². The van der Waals surface area contributed by atoms with Crippen LogP contribution in [0.15, 0.2) is 12.3 Å². The zero-order valence-electron chi connectivity index (χ0n) is 4.84. The number of aromatic nitrogens is 2. The van der Waals surface area contributed by atoms with Gasteiger partial charge in [0.2, 0.25) is 6.20 Å². The fourth-order valence-corrected chi connectivity index (χ4v) is 0.798. The Morgan fingerprint density at radius 3 is 2.89 bits per heavy atom. The van der Waals surface area contributed by atoms with E-state index in [1.165, 1.54) is 6.20 Å². The predicted octanol–water partition coefficient (Wildman–Crippen LogP) is 0.677. The van der Waals surface area contributed by atoms with E-state index in [1.807, 2.05) is 0 Å². The lowest BCUT2D eigenvalue weighted by molar-refractivity contribution is -0.669. The third-order valence-electron chi connectivity index (χ3n) is 0.855. The molecule has 4 heteroatoms. The number of halogens is 1. The molecule has 0 saturated heterocycles. The van der Waals surface area contributed by atoms with Gasteiger partial charge in [0.1, 0.15) is 0 Å². The van der Waals surface area contributed by atoms with Crippen molar-refractivity contribution in [1.29, 1.82) is 0 Å². The number of hydrogen-bond acceptors (Lipinski definition) is 2. The van der Waals surface area contributed by atoms with E-state index < -0.39 is 0 Å². The number of aryl methyl sites for hydroxylation is 1. The van der Waals surface area contributed by atoms with Gasteiger partial charge in [-0.25, -0.2) is 0 Å². The van der Waals surface area contributed by atoms with Crippen molar-refractivity contribution in [2.75, 3.05) is 0 Å². The van der Waals surface area contributed by atoms with E-state index >= 15 is 0 Å². The highest BCUT2D eigenvalue weighted by Gasteiger charge is 1.96. The van der Waals surface area contributed by atoms with Crippen LogP contribution in [0.3, 0.4) is 0 Å². The number of hydrogen-bond donors (Lipinski definition) is 0. The number of nitrogens with zero attached hydrogens (tertiary/aromatic N) is 2. The minimum absolute atomic E-state index is 0.227. The lowest BCUT2D eigenvalue weighted by Crippen LogP contribution is -2.30. The van der Waals surface area contributed by atoms with Gasteiger partial charge < -0.3 is 5.21 Å². The minimum atomic E-state index is 0.227. The van der Waals surface area contributed by atoms with Crippen LogP contribution in [0.25, 0.3) is 0 Å². The zero-order chi connectivity index (χ0) is 6.85. The highest BCUT2D eigenvalue weighted by Crippen LogP contribution is 2.01. The molecule has 0 aliphatic carbocycles. The van der Waals surface area contributed by atoms with Gasteiger partial charge in [-0.3, -0.25) is 0 Å². The first-order chi connectivity index (χ1) is 4.18. The highest BCUT2D eigenvalue weighted by molar-refractivity contribution is 6.29. The molecule has 0 aliphatic rings. The molecule has 0 bridgehead atoms. The molecule has 48 valence electrons. The third-order valence-corrected chi connectivity index (χ3v) is 1.04. The summed E-state index contributed by atoms with van der Waals surface area (Å²) < 4.78 is 0. The Bertz CT molecular complexity index is 176. The molecule has 1 rings (SSSR count). The van der Waals surface area contributed by atoms with Crippen LogP contribution in [0.4, 0.5) is 0 Å². The van der Waals surface area contributed by atoms with Gasteiger partial charge in [-0.05, 0) is 13.0 Å². The molecule has 9 heavy (non-hydrogen) atoms. The molecule has 1 heterocycles. The summed E-state index contributed by atoms with van der Waals surface area (Å²) in [6.07, 6.45) is 1.35. The Morgan fingerprint density at radius 2 is 2.44 bits per heavy atom. The van der Waals surface area contributed by atoms with E-state index in [1.54, 1.807) is 13.0 Å². The number of rotatable bonds is 0. The topological polar surface area (TPSA) is 39.8 Å². The van der Waals surface area contributed by atoms with E-state index in [0.717, 1.165) is 5.56 Å². The van der Waals surface area contributed by atoms with Crippen LogP contribution in [-0.2, 0) is 0 Å². The van der Waals surface area contributed by atoms with Crippen LogP contribution in [0.1, 0.15) is 5.56 Å². The smallest absolute Gasteiger partial charge is 0.212 e. The largest absolute Gasteiger partial charge is 0.594 e. The molecule has 0 amide bonds. The Labute approximate surface area is 57.5 Å². The summed E-state index contributed by atoms with van der Waals surface area (Å²) in [5.41, 5.74) is 0.810. The molecule has 0 aliphatic heterocycles. The summed E-state index contributed by atoms with van der Waals surface area (Å²) in [5, 5.41) is 14.0. The van der Waals surface area contributed by atoms with Crippen molar-refractivity contribution >= 4 is 11.6 Å². The summed E-state index contributed by atoms with van der Waals surface area (Å²) in [6.45, 7) is 1.78. The zero-order valence-corrected chi connectivity index (χ0v) is 5.59. The average Bonchev–Trinajstić information content (AvgIpc) is 1.59. The van der Waals surface area contributed by atoms with E-state index in [9.17, 15) is 5.21 Å². The normalized spacial score (nSPS) is 9.56. The van der Waals surface area contributed by atoms with E-state index in [4.69, 9.17) is 11.6 Å². The van der Waals surface area contributed by atoms with Crippen LogP contribution in [0.5, 0.6) is 0 Å². The molecule has 1 aromatic heterocycles. The van der Waals surface area contributed by atoms with Crippen LogP contribution < -0.4 is 4.85 Å². The Balaban J connectivity index is 3.17. The SMILES string of the molecule is Cc1cc(Cl)n[n+]([O-])c1. The quantitative estimate of drug-likeness (QED) is 0.397. The van der Waals surface area contributed by atoms with Crippen molar-refractivity contribution in [2.24, 2.45) is 0 Å². The summed E-state index contributed by atoms with van der Waals surface area (Å²) in [4.78, 5) is 0.442. The minimum Gasteiger partial charge on any atom is -0.594 e. The molecule has 0 spiro atoms. The van der Waals surface area contributed by atoms with Crippen molar-refractivity contribution in [2.45, 2.75) is 6.92 Å². The molecular weight excluding hydrogens is 140 g/mol. The maximum Gasteiger partial charge on any atom is 0.212 e. The molecule has 3 nitrogen and oxygen atoms in total. The van der Waals surface area contributed by atoms with Gasteiger partial charge in [-0.15, -0.1) is 0 Å². The predicted molar refractivity (Wildman–Crippen MR) is 32.9 cm³/mol. The first kappa shape index (κ1) is 6.29. The summed E-state index contributed by atoms with van der Waals surface area (Å²) in [5.74, 6) is 0. The second-order valence-electron chi connectivity index (χ2n) is 1.74. The second kappa shape index (κ2) is 2.19. The first-order valence-corrected chi connectivity index (χ1v) is 2.80. The molecule has 0 saturated carbocycles. The van der Waals surface area contributed by atoms with Crippen molar-refractivity contribution in [3.8, 4) is 0 Å². The molecule has 0 radical (unpaired) electrons. The van der Waals surface area contributed by atoms with Gasteiger partial charge in [0.25, 0.3) is 0 Å². The van der Waals surface area contributed by atoms with Crippen molar-refractivity contribution in [1.82, 2.24) is 5.10 Å². The van der Waals surface area contributed by atoms with E-state index in [-0.39, 0.29) is 5.15 Å². The molecule has 1 aromatic rings. The maximum absolute atomic E-state index is 10.4. The van der Waals surface area contributed by atoms with Crippen LogP contribution >= 0.6 is 11.6 Å². The standard InChI is InChI=1S/C5H5ClN2O/c1-4-2-5(6)7-8(9)3-4/h2-3H,1H3. The Kier molecular flexibility index (Phi) is 1.53. The summed E-state index contributed by atoms with van der Waals surface area (Å²) in [6, 6.07) is 1.62. The van der Waals surface area contributed by atoms with Crippen molar-refractivity contribution < 1.29 is 4.85 Å². The van der Waals surface area contributed by atoms with Crippen LogP contribution in [0.2, 0.25) is 5.15 Å². The summed E-state index contributed by atoms with van der Waals surface area (Å²) >= 11 is 5.42. The lowest BCUT2D eigenvalue weighted by atomic mass is 10.4. The summed E-state index contributed by atoms with van der Waals surface area (Å²) in [7, 11) is 0. The monoisotopic (exact) mass is 144 g/mol. The molecule has 0 atom stereocenters. The van der Waals surface area contributed by atoms with Gasteiger partial charge in [-0.2, -0.15) is 0 Å². The van der Waals surface area contributed by atoms with E-state index in [0.29, 0.717) is 4.85 Å². The van der Waals surface area contributed by atoms with Gasteiger partial charge >= 0.3 is 0 Å². The molecule has 0 N–H and O–H groups in total. The first-order valence-electron chi connectivity index (χ1n) is 2.42. The van der Waals surface area contributed by atoms with Gasteiger partial charge in [0, 0.05) is 10.7 Å². The molecular formula is C5H5ClN2O. The Morgan fingerprint density at radius 1 is 1.78 bits per heavy atom. The van der Waals surface area contributed by atoms with Crippen LogP contribution in [-0.4, -0.2) is 5.10 Å². The average molecular weight is 145 g/mol. The van der Waals surface area contributed by atoms with Crippen molar-refractivity contribution in [3.63, 3.8) is 0 Å². The van der Waals surface area contributed by atoms with Crippen molar-refractivity contribution in [3.05, 3.63) is 28.2 Å². The second-order valence-corrected chi connectivity index (χ2v) is 2.13. The maximum atomic E-state index is 10.4. The fourth-order valence-electron chi connectivity index (χ4n) is 0.551. The molecule has 0 aromatic carbocycles. The van der Waals surface area contributed by atoms with E-state index in [2.05, 4.69) is 5.10 Å². The fraction of sp³-hybridized carbons (Fsp3) is 0.200. The molecule has 0 fully saturated rings. The van der Waals surface area contributed by atoms with Gasteiger partial charge in [0.05, 0.1) is 0 Å². The van der Waals surface area contributed by atoms with Gasteiger partial charge in [-0.1, -0.05) is 16.4 Å². The van der Waals surface area contributed by atoms with Gasteiger partial charge in [0.15, 0.2) is 5.15 Å². The Hall–Kier alpha value is -0.830. The molecule has 0 unspecified atom stereocenters. The third kappa shape index (κ3) is 1.54. The highest BCUT2D eigenvalue weighted by atomic mass is 35.5. The lowest BCUT2D eigenvalue weighted by Gasteiger charge is -1.92.